The lowest BCUT2D eigenvalue weighted by Gasteiger charge is -2.30. The fourth-order valence-corrected chi connectivity index (χ4v) is 3.82. The van der Waals surface area contributed by atoms with E-state index in [1.165, 1.54) is 16.9 Å². The first kappa shape index (κ1) is 14.8. The van der Waals surface area contributed by atoms with E-state index in [-0.39, 0.29) is 12.0 Å². The highest BCUT2D eigenvalue weighted by Gasteiger charge is 2.48. The van der Waals surface area contributed by atoms with Crippen LogP contribution in [0.4, 0.5) is 0 Å². The Bertz CT molecular complexity index is 474. The molecule has 0 aliphatic carbocycles. The van der Waals surface area contributed by atoms with Crippen molar-refractivity contribution in [2.75, 3.05) is 13.1 Å². The zero-order valence-corrected chi connectivity index (χ0v) is 13.1. The largest absolute Gasteiger partial charge is 0.481 e. The molecule has 1 aromatic rings. The monoisotopic (exact) mass is 301 g/mol. The molecule has 0 bridgehead atoms. The number of thiophene rings is 1. The van der Waals surface area contributed by atoms with Gasteiger partial charge in [-0.2, -0.15) is 0 Å². The zero-order valence-electron chi connectivity index (χ0n) is 11.5. The second-order valence-corrected chi connectivity index (χ2v) is 7.24. The predicted octanol–water partition coefficient (Wildman–Crippen LogP) is 3.90. The van der Waals surface area contributed by atoms with Crippen molar-refractivity contribution in [3.8, 4) is 0 Å². The predicted molar refractivity (Wildman–Crippen MR) is 78.8 cm³/mol. The molecule has 5 heteroatoms. The maximum atomic E-state index is 11.6. The summed E-state index contributed by atoms with van der Waals surface area (Å²) in [6, 6.07) is 2.20. The smallest absolute Gasteiger partial charge is 0.311 e. The molecule has 106 valence electrons. The Morgan fingerprint density at radius 1 is 1.53 bits per heavy atom. The van der Waals surface area contributed by atoms with Gasteiger partial charge in [-0.25, -0.2) is 0 Å². The van der Waals surface area contributed by atoms with Gasteiger partial charge in [0.2, 0.25) is 0 Å². The van der Waals surface area contributed by atoms with E-state index in [0.29, 0.717) is 6.54 Å². The summed E-state index contributed by atoms with van der Waals surface area (Å²) in [5, 5.41) is 11.6. The van der Waals surface area contributed by atoms with Gasteiger partial charge in [0, 0.05) is 12.6 Å². The molecule has 2 rings (SSSR count). The molecular weight excluding hydrogens is 282 g/mol. The normalized spacial score (nSPS) is 25.9. The third-order valence-electron chi connectivity index (χ3n) is 4.48. The number of aliphatic carboxylic acids is 1. The molecule has 1 N–H and O–H groups in total. The summed E-state index contributed by atoms with van der Waals surface area (Å²) in [7, 11) is 0. The SMILES string of the molecule is CC(c1csc(Cl)c1)N1CCC(C(=O)O)(C(C)C)C1. The van der Waals surface area contributed by atoms with Crippen LogP contribution < -0.4 is 0 Å². The molecule has 1 aliphatic rings. The lowest BCUT2D eigenvalue weighted by atomic mass is 9.76. The highest BCUT2D eigenvalue weighted by molar-refractivity contribution is 7.14. The van der Waals surface area contributed by atoms with Gasteiger partial charge in [-0.3, -0.25) is 9.69 Å². The van der Waals surface area contributed by atoms with Crippen molar-refractivity contribution in [1.29, 1.82) is 0 Å². The van der Waals surface area contributed by atoms with Crippen LogP contribution in [0.2, 0.25) is 4.34 Å². The summed E-state index contributed by atoms with van der Waals surface area (Å²) < 4.78 is 0.786. The molecule has 2 atom stereocenters. The molecule has 1 saturated heterocycles. The number of halogens is 1. The van der Waals surface area contributed by atoms with Gasteiger partial charge in [0.15, 0.2) is 0 Å². The first-order valence-electron chi connectivity index (χ1n) is 6.58. The van der Waals surface area contributed by atoms with Crippen LogP contribution in [0.25, 0.3) is 0 Å². The molecule has 1 aromatic heterocycles. The summed E-state index contributed by atoms with van der Waals surface area (Å²) in [6.07, 6.45) is 0.724. The molecule has 19 heavy (non-hydrogen) atoms. The average Bonchev–Trinajstić information content (AvgIpc) is 2.94. The molecule has 2 unspecified atom stereocenters. The van der Waals surface area contributed by atoms with Gasteiger partial charge in [0.25, 0.3) is 0 Å². The van der Waals surface area contributed by atoms with E-state index in [4.69, 9.17) is 11.6 Å². The van der Waals surface area contributed by atoms with Crippen LogP contribution in [-0.2, 0) is 4.79 Å². The lowest BCUT2D eigenvalue weighted by molar-refractivity contribution is -0.151. The molecule has 0 saturated carbocycles. The standard InChI is InChI=1S/C14H20ClNO2S/c1-9(2)14(13(17)18)4-5-16(8-14)10(3)11-6-12(15)19-7-11/h6-7,9-10H,4-5,8H2,1-3H3,(H,17,18). The number of carbonyl (C=O) groups is 1. The number of nitrogens with zero attached hydrogens (tertiary/aromatic N) is 1. The Kier molecular flexibility index (Phi) is 4.23. The lowest BCUT2D eigenvalue weighted by Crippen LogP contribution is -2.39. The Morgan fingerprint density at radius 2 is 2.21 bits per heavy atom. The second kappa shape index (κ2) is 5.43. The molecular formula is C14H20ClNO2S. The molecule has 0 aromatic carbocycles. The minimum atomic E-state index is -0.666. The summed E-state index contributed by atoms with van der Waals surface area (Å²) >= 11 is 7.50. The van der Waals surface area contributed by atoms with Gasteiger partial charge < -0.3 is 5.11 Å². The van der Waals surface area contributed by atoms with Gasteiger partial charge in [-0.1, -0.05) is 25.4 Å². The van der Waals surface area contributed by atoms with Crippen LogP contribution in [0.1, 0.15) is 38.8 Å². The Morgan fingerprint density at radius 3 is 2.63 bits per heavy atom. The Hall–Kier alpha value is -0.580. The highest BCUT2D eigenvalue weighted by Crippen LogP contribution is 2.41. The van der Waals surface area contributed by atoms with E-state index < -0.39 is 11.4 Å². The summed E-state index contributed by atoms with van der Waals surface area (Å²) in [6.45, 7) is 7.58. The Labute approximate surface area is 123 Å². The number of carboxylic acid groups (broad SMARTS) is 1. The number of carboxylic acids is 1. The van der Waals surface area contributed by atoms with Crippen molar-refractivity contribution in [3.63, 3.8) is 0 Å². The van der Waals surface area contributed by atoms with E-state index in [1.54, 1.807) is 0 Å². The van der Waals surface area contributed by atoms with Crippen molar-refractivity contribution in [2.45, 2.75) is 33.2 Å². The topological polar surface area (TPSA) is 40.5 Å². The van der Waals surface area contributed by atoms with E-state index >= 15 is 0 Å². The maximum absolute atomic E-state index is 11.6. The molecule has 0 spiro atoms. The van der Waals surface area contributed by atoms with Crippen molar-refractivity contribution in [3.05, 3.63) is 21.3 Å². The summed E-state index contributed by atoms with van der Waals surface area (Å²) in [5.74, 6) is -0.520. The van der Waals surface area contributed by atoms with Crippen LogP contribution in [0.15, 0.2) is 11.4 Å². The first-order chi connectivity index (χ1) is 8.86. The van der Waals surface area contributed by atoms with Crippen LogP contribution >= 0.6 is 22.9 Å². The summed E-state index contributed by atoms with van der Waals surface area (Å²) in [4.78, 5) is 13.9. The second-order valence-electron chi connectivity index (χ2n) is 5.70. The molecule has 3 nitrogen and oxygen atoms in total. The fourth-order valence-electron chi connectivity index (χ4n) is 2.84. The first-order valence-corrected chi connectivity index (χ1v) is 7.84. The van der Waals surface area contributed by atoms with Crippen molar-refractivity contribution < 1.29 is 9.90 Å². The molecule has 1 aliphatic heterocycles. The third-order valence-corrected chi connectivity index (χ3v) is 5.59. The Balaban J connectivity index is 2.15. The molecule has 1 fully saturated rings. The van der Waals surface area contributed by atoms with Crippen molar-refractivity contribution >= 4 is 28.9 Å². The van der Waals surface area contributed by atoms with Gasteiger partial charge in [-0.15, -0.1) is 11.3 Å². The van der Waals surface area contributed by atoms with Gasteiger partial charge >= 0.3 is 5.97 Å². The van der Waals surface area contributed by atoms with E-state index in [0.717, 1.165) is 17.3 Å². The van der Waals surface area contributed by atoms with Crippen LogP contribution in [0, 0.1) is 11.3 Å². The molecule has 0 amide bonds. The average molecular weight is 302 g/mol. The molecule has 0 radical (unpaired) electrons. The molecule has 2 heterocycles. The minimum Gasteiger partial charge on any atom is -0.481 e. The van der Waals surface area contributed by atoms with E-state index in [1.807, 2.05) is 19.9 Å². The minimum absolute atomic E-state index is 0.147. The number of rotatable bonds is 4. The van der Waals surface area contributed by atoms with Crippen LogP contribution in [0.3, 0.4) is 0 Å². The highest BCUT2D eigenvalue weighted by atomic mass is 35.5. The number of hydrogen-bond acceptors (Lipinski definition) is 3. The van der Waals surface area contributed by atoms with E-state index in [2.05, 4.69) is 17.2 Å². The zero-order chi connectivity index (χ0) is 14.2. The quantitative estimate of drug-likeness (QED) is 0.917. The number of likely N-dealkylation sites (tertiary alicyclic amines) is 1. The number of hydrogen-bond donors (Lipinski definition) is 1. The van der Waals surface area contributed by atoms with Crippen molar-refractivity contribution in [2.24, 2.45) is 11.3 Å². The van der Waals surface area contributed by atoms with Gasteiger partial charge in [-0.05, 0) is 42.8 Å². The summed E-state index contributed by atoms with van der Waals surface area (Å²) in [5.41, 5.74) is 0.577. The van der Waals surface area contributed by atoms with Gasteiger partial charge in [0.05, 0.1) is 9.75 Å². The van der Waals surface area contributed by atoms with E-state index in [9.17, 15) is 9.90 Å². The maximum Gasteiger partial charge on any atom is 0.311 e. The fraction of sp³-hybridized carbons (Fsp3) is 0.643. The third kappa shape index (κ3) is 2.67. The van der Waals surface area contributed by atoms with Crippen LogP contribution in [0.5, 0.6) is 0 Å². The van der Waals surface area contributed by atoms with Crippen molar-refractivity contribution in [1.82, 2.24) is 4.90 Å². The van der Waals surface area contributed by atoms with Crippen LogP contribution in [-0.4, -0.2) is 29.1 Å². The van der Waals surface area contributed by atoms with Gasteiger partial charge in [0.1, 0.15) is 0 Å².